The topological polar surface area (TPSA) is 105 Å². The van der Waals surface area contributed by atoms with Crippen molar-refractivity contribution in [2.24, 2.45) is 0 Å². The average Bonchev–Trinajstić information content (AvgIpc) is 2.93. The second kappa shape index (κ2) is 11.8. The highest BCUT2D eigenvalue weighted by Crippen LogP contribution is 2.23. The van der Waals surface area contributed by atoms with E-state index in [2.05, 4.69) is 10.0 Å². The molecule has 0 heterocycles. The van der Waals surface area contributed by atoms with E-state index in [1.54, 1.807) is 67.8 Å². The van der Waals surface area contributed by atoms with Gasteiger partial charge >= 0.3 is 6.03 Å². The fourth-order valence-corrected chi connectivity index (χ4v) is 5.41. The zero-order valence-electron chi connectivity index (χ0n) is 21.1. The molecule has 0 aromatic heterocycles. The third-order valence-corrected chi connectivity index (χ3v) is 7.51. The molecule has 0 unspecified atom stereocenters. The molecule has 3 amide bonds. The molecule has 9 heteroatoms. The quantitative estimate of drug-likeness (QED) is 0.331. The lowest BCUT2D eigenvalue weighted by atomic mass is 10.0. The maximum atomic E-state index is 13.7. The minimum atomic E-state index is -4.22. The molecular formula is C29H29N3O5S. The fraction of sp³-hybridized carbons (Fsp3) is 0.172. The first-order valence-electron chi connectivity index (χ1n) is 12.1. The highest BCUT2D eigenvalue weighted by molar-refractivity contribution is 7.90. The van der Waals surface area contributed by atoms with Crippen molar-refractivity contribution in [3.63, 3.8) is 0 Å². The van der Waals surface area contributed by atoms with E-state index in [0.717, 1.165) is 10.9 Å². The minimum absolute atomic E-state index is 0.0231. The number of hydrogen-bond donors (Lipinski definition) is 2. The highest BCUT2D eigenvalue weighted by Gasteiger charge is 2.29. The van der Waals surface area contributed by atoms with Crippen LogP contribution in [-0.4, -0.2) is 40.1 Å². The Morgan fingerprint density at radius 3 is 2.21 bits per heavy atom. The van der Waals surface area contributed by atoms with E-state index in [1.807, 2.05) is 37.3 Å². The van der Waals surface area contributed by atoms with Gasteiger partial charge in [0.25, 0.3) is 10.0 Å². The van der Waals surface area contributed by atoms with Crippen LogP contribution >= 0.6 is 0 Å². The molecule has 0 spiro atoms. The predicted octanol–water partition coefficient (Wildman–Crippen LogP) is 4.50. The third kappa shape index (κ3) is 6.12. The van der Waals surface area contributed by atoms with Crippen molar-refractivity contribution < 1.29 is 22.7 Å². The number of nitrogens with one attached hydrogen (secondary N) is 2. The first-order valence-corrected chi connectivity index (χ1v) is 13.6. The molecule has 0 radical (unpaired) electrons. The molecule has 38 heavy (non-hydrogen) atoms. The van der Waals surface area contributed by atoms with E-state index in [4.69, 9.17) is 4.74 Å². The van der Waals surface area contributed by atoms with Gasteiger partial charge in [0, 0.05) is 24.0 Å². The Morgan fingerprint density at radius 1 is 0.868 bits per heavy atom. The van der Waals surface area contributed by atoms with Gasteiger partial charge in [-0.1, -0.05) is 66.7 Å². The van der Waals surface area contributed by atoms with E-state index in [0.29, 0.717) is 23.4 Å². The second-order valence-electron chi connectivity index (χ2n) is 8.58. The number of rotatable bonds is 9. The van der Waals surface area contributed by atoms with Crippen LogP contribution in [0, 0.1) is 0 Å². The van der Waals surface area contributed by atoms with Gasteiger partial charge in [0.1, 0.15) is 11.8 Å². The summed E-state index contributed by atoms with van der Waals surface area (Å²) in [6.07, 6.45) is 0.175. The molecular weight excluding hydrogens is 502 g/mol. The number of nitrogens with zero attached hydrogens (tertiary/aromatic N) is 1. The lowest BCUT2D eigenvalue weighted by Gasteiger charge is -2.27. The van der Waals surface area contributed by atoms with Crippen LogP contribution in [0.5, 0.6) is 5.75 Å². The van der Waals surface area contributed by atoms with E-state index in [1.165, 1.54) is 11.0 Å². The summed E-state index contributed by atoms with van der Waals surface area (Å²) < 4.78 is 33.6. The van der Waals surface area contributed by atoms with E-state index >= 15 is 0 Å². The van der Waals surface area contributed by atoms with Crippen LogP contribution < -0.4 is 19.7 Å². The molecule has 2 N–H and O–H groups in total. The number of likely N-dealkylation sites (N-methyl/N-ethyl adjacent to an activating group) is 1. The smallest absolute Gasteiger partial charge is 0.329 e. The maximum absolute atomic E-state index is 13.7. The van der Waals surface area contributed by atoms with Crippen LogP contribution in [-0.2, 0) is 21.2 Å². The lowest BCUT2D eigenvalue weighted by Crippen LogP contribution is -2.53. The SMILES string of the molecule is CCN(C(=O)[C@H](Cc1ccccc1)NC(=O)NS(=O)(=O)c1cccc2ccccc12)c1ccc(OC)cc1. The number of fused-ring (bicyclic) bond motifs is 1. The lowest BCUT2D eigenvalue weighted by molar-refractivity contribution is -0.120. The molecule has 8 nitrogen and oxygen atoms in total. The molecule has 0 fully saturated rings. The molecule has 4 aromatic rings. The monoisotopic (exact) mass is 531 g/mol. The van der Waals surface area contributed by atoms with Crippen LogP contribution in [0.25, 0.3) is 10.8 Å². The summed E-state index contributed by atoms with van der Waals surface area (Å²) in [6, 6.07) is 26.1. The summed E-state index contributed by atoms with van der Waals surface area (Å²) in [7, 11) is -2.66. The number of hydrogen-bond acceptors (Lipinski definition) is 5. The highest BCUT2D eigenvalue weighted by atomic mass is 32.2. The van der Waals surface area contributed by atoms with E-state index in [-0.39, 0.29) is 17.2 Å². The van der Waals surface area contributed by atoms with Gasteiger partial charge < -0.3 is 15.0 Å². The zero-order valence-corrected chi connectivity index (χ0v) is 21.9. The first kappa shape index (κ1) is 26.7. The van der Waals surface area contributed by atoms with Gasteiger partial charge in [-0.05, 0) is 48.2 Å². The van der Waals surface area contributed by atoms with E-state index in [9.17, 15) is 18.0 Å². The van der Waals surface area contributed by atoms with Gasteiger partial charge in [-0.2, -0.15) is 0 Å². The molecule has 0 bridgehead atoms. The Labute approximate surface area is 222 Å². The number of methoxy groups -OCH3 is 1. The standard InChI is InChI=1S/C29H29N3O5S/c1-3-32(23-16-18-24(37-2)19-17-23)28(33)26(20-21-10-5-4-6-11-21)30-29(34)31-38(35,36)27-15-9-13-22-12-7-8-14-25(22)27/h4-19,26H,3,20H2,1-2H3,(H2,30,31,34)/t26-/m0/s1. The summed E-state index contributed by atoms with van der Waals surface area (Å²) in [5.74, 6) is 0.272. The van der Waals surface area contributed by atoms with Gasteiger partial charge in [-0.25, -0.2) is 17.9 Å². The molecule has 0 aliphatic rings. The summed E-state index contributed by atoms with van der Waals surface area (Å²) in [4.78, 5) is 28.2. The third-order valence-electron chi connectivity index (χ3n) is 6.12. The predicted molar refractivity (Wildman–Crippen MR) is 148 cm³/mol. The molecule has 4 aromatic carbocycles. The van der Waals surface area contributed by atoms with Crippen LogP contribution in [0.4, 0.5) is 10.5 Å². The largest absolute Gasteiger partial charge is 0.497 e. The van der Waals surface area contributed by atoms with Crippen molar-refractivity contribution in [2.75, 3.05) is 18.6 Å². The number of anilines is 1. The molecule has 0 saturated heterocycles. The first-order chi connectivity index (χ1) is 18.3. The van der Waals surface area contributed by atoms with Crippen molar-refractivity contribution in [3.8, 4) is 5.75 Å². The van der Waals surface area contributed by atoms with Crippen LogP contribution in [0.3, 0.4) is 0 Å². The number of benzene rings is 4. The van der Waals surface area contributed by atoms with Gasteiger partial charge in [0.05, 0.1) is 12.0 Å². The molecule has 196 valence electrons. The number of carbonyl (C=O) groups is 2. The van der Waals surface area contributed by atoms with Gasteiger partial charge in [-0.3, -0.25) is 4.79 Å². The van der Waals surface area contributed by atoms with Crippen molar-refractivity contribution in [3.05, 3.63) is 103 Å². The van der Waals surface area contributed by atoms with Crippen molar-refractivity contribution in [1.29, 1.82) is 0 Å². The number of carbonyl (C=O) groups excluding carboxylic acids is 2. The van der Waals surface area contributed by atoms with Crippen LogP contribution in [0.2, 0.25) is 0 Å². The molecule has 1 atom stereocenters. The Hall–Kier alpha value is -4.37. The summed E-state index contributed by atoms with van der Waals surface area (Å²) in [5, 5.41) is 3.82. The van der Waals surface area contributed by atoms with Crippen molar-refractivity contribution in [1.82, 2.24) is 10.0 Å². The molecule has 0 aliphatic heterocycles. The Balaban J connectivity index is 1.59. The van der Waals surface area contributed by atoms with Crippen molar-refractivity contribution >= 4 is 38.4 Å². The van der Waals surface area contributed by atoms with Gasteiger partial charge in [0.15, 0.2) is 0 Å². The average molecular weight is 532 g/mol. The number of sulfonamides is 1. The molecule has 0 saturated carbocycles. The maximum Gasteiger partial charge on any atom is 0.329 e. The number of urea groups is 1. The normalized spacial score (nSPS) is 11.9. The summed E-state index contributed by atoms with van der Waals surface area (Å²) >= 11 is 0. The fourth-order valence-electron chi connectivity index (χ4n) is 4.26. The molecule has 4 rings (SSSR count). The second-order valence-corrected chi connectivity index (χ2v) is 10.2. The summed E-state index contributed by atoms with van der Waals surface area (Å²) in [6.45, 7) is 2.17. The minimum Gasteiger partial charge on any atom is -0.497 e. The number of ether oxygens (including phenoxy) is 1. The van der Waals surface area contributed by atoms with Gasteiger partial charge in [0.2, 0.25) is 5.91 Å². The molecule has 0 aliphatic carbocycles. The van der Waals surface area contributed by atoms with Crippen LogP contribution in [0.1, 0.15) is 12.5 Å². The van der Waals surface area contributed by atoms with Crippen LogP contribution in [0.15, 0.2) is 102 Å². The van der Waals surface area contributed by atoms with Crippen molar-refractivity contribution in [2.45, 2.75) is 24.3 Å². The zero-order chi connectivity index (χ0) is 27.1. The Kier molecular flexibility index (Phi) is 8.28. The summed E-state index contributed by atoms with van der Waals surface area (Å²) in [5.41, 5.74) is 1.44. The van der Waals surface area contributed by atoms with Gasteiger partial charge in [-0.15, -0.1) is 0 Å². The number of amides is 3. The Morgan fingerprint density at radius 2 is 1.53 bits per heavy atom. The Bertz CT molecular complexity index is 1520. The van der Waals surface area contributed by atoms with E-state index < -0.39 is 22.1 Å².